The summed E-state index contributed by atoms with van der Waals surface area (Å²) in [5.41, 5.74) is -2.85. The van der Waals surface area contributed by atoms with E-state index >= 15 is 0 Å². The fourth-order valence-electron chi connectivity index (χ4n) is 3.21. The van der Waals surface area contributed by atoms with Gasteiger partial charge in [-0.1, -0.05) is 16.9 Å². The third-order valence-corrected chi connectivity index (χ3v) is 5.48. The molecule has 0 unspecified atom stereocenters. The van der Waals surface area contributed by atoms with Crippen molar-refractivity contribution >= 4 is 17.7 Å². The first-order valence-electron chi connectivity index (χ1n) is 9.04. The van der Waals surface area contributed by atoms with Crippen LogP contribution < -0.4 is 0 Å². The van der Waals surface area contributed by atoms with Crippen LogP contribution in [0.3, 0.4) is 0 Å². The molecule has 4 rings (SSSR count). The van der Waals surface area contributed by atoms with E-state index in [2.05, 4.69) is 20.1 Å². The van der Waals surface area contributed by atoms with Gasteiger partial charge in [-0.15, -0.1) is 0 Å². The Balaban J connectivity index is 1.80. The normalized spacial score (nSPS) is 19.3. The van der Waals surface area contributed by atoms with E-state index < -0.39 is 23.2 Å². The molecule has 0 bridgehead atoms. The average Bonchev–Trinajstić information content (AvgIpc) is 3.35. The van der Waals surface area contributed by atoms with Crippen molar-refractivity contribution in [3.8, 4) is 22.8 Å². The Morgan fingerprint density at radius 2 is 1.87 bits per heavy atom. The van der Waals surface area contributed by atoms with E-state index in [0.717, 1.165) is 12.1 Å². The number of nitrogens with zero attached hydrogens (tertiary/aromatic N) is 5. The Kier molecular flexibility index (Phi) is 5.21. The minimum atomic E-state index is -4.64. The van der Waals surface area contributed by atoms with E-state index in [1.165, 1.54) is 42.0 Å². The van der Waals surface area contributed by atoms with Gasteiger partial charge in [0.2, 0.25) is 5.60 Å². The van der Waals surface area contributed by atoms with E-state index in [0.29, 0.717) is 11.7 Å². The molecule has 8 nitrogen and oxygen atoms in total. The standard InChI is InChI=1S/C19H16F3N5O3S/c1-27-6-4-18(29,16(27)28)15-9-14(26-30-15)13-8-10(19(20,21)22)7-12(24-13)11-3-5-23-17(25-11)31-2/h3,5,7-9,29H,4,6H2,1-2H3/t18-/m1/s1. The predicted molar refractivity (Wildman–Crippen MR) is 104 cm³/mol. The van der Waals surface area contributed by atoms with Crippen molar-refractivity contribution in [2.75, 3.05) is 19.8 Å². The van der Waals surface area contributed by atoms with Crippen molar-refractivity contribution < 1.29 is 27.6 Å². The smallest absolute Gasteiger partial charge is 0.373 e. The van der Waals surface area contributed by atoms with Crippen LogP contribution in [0.5, 0.6) is 0 Å². The highest BCUT2D eigenvalue weighted by molar-refractivity contribution is 7.98. The van der Waals surface area contributed by atoms with Crippen LogP contribution in [-0.4, -0.2) is 55.9 Å². The first kappa shape index (κ1) is 21.2. The highest BCUT2D eigenvalue weighted by Crippen LogP contribution is 2.37. The van der Waals surface area contributed by atoms with Gasteiger partial charge >= 0.3 is 6.18 Å². The molecule has 0 radical (unpaired) electrons. The number of pyridine rings is 1. The maximum absolute atomic E-state index is 13.5. The Morgan fingerprint density at radius 3 is 2.48 bits per heavy atom. The molecular weight excluding hydrogens is 435 g/mol. The van der Waals surface area contributed by atoms with Crippen LogP contribution in [0.4, 0.5) is 13.2 Å². The second-order valence-corrected chi connectivity index (χ2v) is 7.74. The third-order valence-electron chi connectivity index (χ3n) is 4.92. The quantitative estimate of drug-likeness (QED) is 0.477. The number of halogens is 3. The molecule has 1 aliphatic heterocycles. The molecule has 1 amide bonds. The molecule has 3 aromatic heterocycles. The summed E-state index contributed by atoms with van der Waals surface area (Å²) in [6.07, 6.45) is -1.39. The number of carbonyl (C=O) groups is 1. The molecule has 0 spiro atoms. The van der Waals surface area contributed by atoms with E-state index in [1.54, 1.807) is 6.26 Å². The van der Waals surface area contributed by atoms with Crippen molar-refractivity contribution in [3.63, 3.8) is 0 Å². The summed E-state index contributed by atoms with van der Waals surface area (Å²) in [4.78, 5) is 26.1. The number of aromatic nitrogens is 4. The molecule has 0 saturated carbocycles. The largest absolute Gasteiger partial charge is 0.416 e. The number of likely N-dealkylation sites (tertiary alicyclic amines) is 1. The van der Waals surface area contributed by atoms with E-state index in [9.17, 15) is 23.1 Å². The lowest BCUT2D eigenvalue weighted by atomic mass is 9.98. The molecule has 12 heteroatoms. The first-order valence-corrected chi connectivity index (χ1v) is 10.3. The number of alkyl halides is 3. The number of amides is 1. The summed E-state index contributed by atoms with van der Waals surface area (Å²) in [6.45, 7) is 0.308. The predicted octanol–water partition coefficient (Wildman–Crippen LogP) is 2.98. The van der Waals surface area contributed by atoms with Crippen molar-refractivity contribution in [2.24, 2.45) is 0 Å². The molecule has 4 heterocycles. The van der Waals surface area contributed by atoms with Gasteiger partial charge < -0.3 is 14.5 Å². The van der Waals surface area contributed by atoms with Gasteiger partial charge in [-0.3, -0.25) is 4.79 Å². The molecule has 1 atom stereocenters. The lowest BCUT2D eigenvalue weighted by molar-refractivity contribution is -0.144. The van der Waals surface area contributed by atoms with Gasteiger partial charge in [0.05, 0.1) is 22.6 Å². The zero-order valence-corrected chi connectivity index (χ0v) is 17.2. The van der Waals surface area contributed by atoms with Crippen LogP contribution in [0, 0.1) is 0 Å². The van der Waals surface area contributed by atoms with E-state index in [1.807, 2.05) is 0 Å². The van der Waals surface area contributed by atoms with Gasteiger partial charge in [0.15, 0.2) is 10.9 Å². The van der Waals surface area contributed by atoms with Gasteiger partial charge in [0.1, 0.15) is 5.69 Å². The van der Waals surface area contributed by atoms with Crippen LogP contribution in [0.15, 0.2) is 40.1 Å². The molecule has 0 aromatic carbocycles. The monoisotopic (exact) mass is 451 g/mol. The van der Waals surface area contributed by atoms with Gasteiger partial charge in [0.25, 0.3) is 5.91 Å². The second kappa shape index (κ2) is 7.61. The van der Waals surface area contributed by atoms with Gasteiger partial charge in [-0.25, -0.2) is 15.0 Å². The molecule has 1 N–H and O–H groups in total. The number of thioether (sulfide) groups is 1. The van der Waals surface area contributed by atoms with Crippen LogP contribution in [-0.2, 0) is 16.6 Å². The topological polar surface area (TPSA) is 105 Å². The van der Waals surface area contributed by atoms with Gasteiger partial charge in [0, 0.05) is 32.3 Å². The number of likely N-dealkylation sites (N-methyl/N-ethyl adjacent to an activating group) is 1. The van der Waals surface area contributed by atoms with Crippen molar-refractivity contribution in [3.05, 3.63) is 41.8 Å². The lowest BCUT2D eigenvalue weighted by Crippen LogP contribution is -2.35. The minimum absolute atomic E-state index is 0.0255. The summed E-state index contributed by atoms with van der Waals surface area (Å²) in [5.74, 6) is -0.720. The van der Waals surface area contributed by atoms with Crippen molar-refractivity contribution in [1.29, 1.82) is 0 Å². The summed E-state index contributed by atoms with van der Waals surface area (Å²) >= 11 is 1.24. The molecule has 1 fully saturated rings. The number of hydrogen-bond acceptors (Lipinski definition) is 8. The van der Waals surface area contributed by atoms with E-state index in [-0.39, 0.29) is 35.0 Å². The van der Waals surface area contributed by atoms with Crippen molar-refractivity contribution in [2.45, 2.75) is 23.4 Å². The Morgan fingerprint density at radius 1 is 1.16 bits per heavy atom. The number of hydrogen-bond donors (Lipinski definition) is 1. The molecule has 0 aliphatic carbocycles. The van der Waals surface area contributed by atoms with Crippen LogP contribution in [0.2, 0.25) is 0 Å². The van der Waals surface area contributed by atoms with Gasteiger partial charge in [-0.2, -0.15) is 13.2 Å². The number of aliphatic hydroxyl groups is 1. The van der Waals surface area contributed by atoms with E-state index in [4.69, 9.17) is 4.52 Å². The maximum atomic E-state index is 13.5. The average molecular weight is 451 g/mol. The molecule has 1 saturated heterocycles. The van der Waals surface area contributed by atoms with Crippen molar-refractivity contribution in [1.82, 2.24) is 25.0 Å². The highest BCUT2D eigenvalue weighted by Gasteiger charge is 2.48. The Bertz CT molecular complexity index is 1150. The third kappa shape index (κ3) is 3.88. The molecule has 3 aromatic rings. The van der Waals surface area contributed by atoms with Crippen LogP contribution in [0.25, 0.3) is 22.8 Å². The molecule has 31 heavy (non-hydrogen) atoms. The van der Waals surface area contributed by atoms with Crippen LogP contribution in [0.1, 0.15) is 17.7 Å². The first-order chi connectivity index (χ1) is 14.6. The summed E-state index contributed by atoms with van der Waals surface area (Å²) < 4.78 is 45.7. The molecular formula is C19H16F3N5O3S. The second-order valence-electron chi connectivity index (χ2n) is 6.97. The molecule has 1 aliphatic rings. The number of rotatable bonds is 4. The lowest BCUT2D eigenvalue weighted by Gasteiger charge is -2.16. The highest BCUT2D eigenvalue weighted by atomic mass is 32.2. The Labute approximate surface area is 178 Å². The Hall–Kier alpha value is -2.99. The zero-order valence-electron chi connectivity index (χ0n) is 16.3. The zero-order chi connectivity index (χ0) is 22.4. The fraction of sp³-hybridized carbons (Fsp3) is 0.316. The minimum Gasteiger partial charge on any atom is -0.373 e. The van der Waals surface area contributed by atoms with Gasteiger partial charge in [-0.05, 0) is 24.5 Å². The SMILES string of the molecule is CSc1nccc(-c2cc(C(F)(F)F)cc(-c3cc([C@]4(O)CCN(C)C4=O)on3)n2)n1. The summed E-state index contributed by atoms with van der Waals surface area (Å²) in [5, 5.41) is 14.8. The summed E-state index contributed by atoms with van der Waals surface area (Å²) in [6, 6.07) is 4.40. The fourth-order valence-corrected chi connectivity index (χ4v) is 3.57. The summed E-state index contributed by atoms with van der Waals surface area (Å²) in [7, 11) is 1.53. The maximum Gasteiger partial charge on any atom is 0.416 e. The number of carbonyl (C=O) groups excluding carboxylic acids is 1. The molecule has 162 valence electrons. The van der Waals surface area contributed by atoms with Crippen LogP contribution >= 0.6 is 11.8 Å².